The molecule has 0 aliphatic carbocycles. The molecule has 21 heavy (non-hydrogen) atoms. The fourth-order valence-electron chi connectivity index (χ4n) is 2.53. The van der Waals surface area contributed by atoms with Gasteiger partial charge in [0.2, 0.25) is 0 Å². The second kappa shape index (κ2) is 5.61. The van der Waals surface area contributed by atoms with E-state index in [1.54, 1.807) is 0 Å². The molecule has 0 amide bonds. The molecule has 5 nitrogen and oxygen atoms in total. The standard InChI is InChI=1S/C16H19N5/c1-12-14-6-4-5-7-15(14)19-16(18-12)11-20(2)9-13-8-17-21(3)10-13/h4-8,10H,9,11H2,1-3H3. The van der Waals surface area contributed by atoms with Crippen LogP contribution in [0.5, 0.6) is 0 Å². The number of benzene rings is 1. The van der Waals surface area contributed by atoms with Crippen molar-refractivity contribution in [2.75, 3.05) is 7.05 Å². The molecule has 0 aliphatic rings. The van der Waals surface area contributed by atoms with Crippen molar-refractivity contribution in [1.29, 1.82) is 0 Å². The third-order valence-electron chi connectivity index (χ3n) is 3.46. The highest BCUT2D eigenvalue weighted by Crippen LogP contribution is 2.15. The minimum Gasteiger partial charge on any atom is -0.295 e. The van der Waals surface area contributed by atoms with E-state index in [0.29, 0.717) is 0 Å². The summed E-state index contributed by atoms with van der Waals surface area (Å²) >= 11 is 0. The van der Waals surface area contributed by atoms with E-state index < -0.39 is 0 Å². The van der Waals surface area contributed by atoms with Gasteiger partial charge in [-0.05, 0) is 20.0 Å². The first-order valence-corrected chi connectivity index (χ1v) is 7.00. The summed E-state index contributed by atoms with van der Waals surface area (Å²) in [5, 5.41) is 5.31. The van der Waals surface area contributed by atoms with E-state index in [1.165, 1.54) is 5.56 Å². The van der Waals surface area contributed by atoms with Crippen molar-refractivity contribution in [1.82, 2.24) is 24.6 Å². The highest BCUT2D eigenvalue weighted by molar-refractivity contribution is 5.80. The number of hydrogen-bond acceptors (Lipinski definition) is 4. The highest BCUT2D eigenvalue weighted by atomic mass is 15.2. The van der Waals surface area contributed by atoms with Gasteiger partial charge in [-0.25, -0.2) is 9.97 Å². The molecule has 0 radical (unpaired) electrons. The minimum absolute atomic E-state index is 0.723. The van der Waals surface area contributed by atoms with Crippen LogP contribution in [0.3, 0.4) is 0 Å². The maximum Gasteiger partial charge on any atom is 0.143 e. The Morgan fingerprint density at radius 2 is 1.95 bits per heavy atom. The summed E-state index contributed by atoms with van der Waals surface area (Å²) in [7, 11) is 4.00. The van der Waals surface area contributed by atoms with Gasteiger partial charge < -0.3 is 0 Å². The Morgan fingerprint density at radius 1 is 1.14 bits per heavy atom. The third kappa shape index (κ3) is 3.08. The molecule has 3 rings (SSSR count). The normalized spacial score (nSPS) is 11.4. The van der Waals surface area contributed by atoms with Crippen LogP contribution < -0.4 is 0 Å². The number of nitrogens with zero attached hydrogens (tertiary/aromatic N) is 5. The van der Waals surface area contributed by atoms with Gasteiger partial charge in [-0.15, -0.1) is 0 Å². The molecule has 0 bridgehead atoms. The molecule has 1 aromatic carbocycles. The van der Waals surface area contributed by atoms with Gasteiger partial charge in [0.25, 0.3) is 0 Å². The fourth-order valence-corrected chi connectivity index (χ4v) is 2.53. The van der Waals surface area contributed by atoms with E-state index in [-0.39, 0.29) is 0 Å². The summed E-state index contributed by atoms with van der Waals surface area (Å²) in [5.41, 5.74) is 3.23. The summed E-state index contributed by atoms with van der Waals surface area (Å²) in [5.74, 6) is 0.859. The van der Waals surface area contributed by atoms with Crippen molar-refractivity contribution in [3.05, 3.63) is 53.7 Å². The van der Waals surface area contributed by atoms with Crippen LogP contribution in [0.15, 0.2) is 36.7 Å². The monoisotopic (exact) mass is 281 g/mol. The van der Waals surface area contributed by atoms with Gasteiger partial charge in [-0.2, -0.15) is 5.10 Å². The molecule has 3 aromatic rings. The Balaban J connectivity index is 1.78. The van der Waals surface area contributed by atoms with Gasteiger partial charge in [0, 0.05) is 36.4 Å². The van der Waals surface area contributed by atoms with E-state index in [4.69, 9.17) is 0 Å². The van der Waals surface area contributed by atoms with Crippen LogP contribution in [0.2, 0.25) is 0 Å². The van der Waals surface area contributed by atoms with Crippen LogP contribution in [0, 0.1) is 6.92 Å². The summed E-state index contributed by atoms with van der Waals surface area (Å²) in [6, 6.07) is 8.13. The van der Waals surface area contributed by atoms with Crippen molar-refractivity contribution < 1.29 is 0 Å². The number of fused-ring (bicyclic) bond motifs is 1. The minimum atomic E-state index is 0.723. The zero-order chi connectivity index (χ0) is 14.8. The van der Waals surface area contributed by atoms with Crippen molar-refractivity contribution in [3.63, 3.8) is 0 Å². The van der Waals surface area contributed by atoms with Crippen molar-refractivity contribution in [2.24, 2.45) is 7.05 Å². The Morgan fingerprint density at radius 3 is 2.71 bits per heavy atom. The van der Waals surface area contributed by atoms with Gasteiger partial charge in [-0.3, -0.25) is 9.58 Å². The topological polar surface area (TPSA) is 46.8 Å². The second-order valence-electron chi connectivity index (χ2n) is 5.44. The van der Waals surface area contributed by atoms with Crippen LogP contribution in [-0.2, 0) is 20.1 Å². The van der Waals surface area contributed by atoms with Gasteiger partial charge in [0.15, 0.2) is 0 Å². The van der Waals surface area contributed by atoms with Crippen LogP contribution in [0.25, 0.3) is 10.9 Å². The van der Waals surface area contributed by atoms with Gasteiger partial charge >= 0.3 is 0 Å². The van der Waals surface area contributed by atoms with Crippen molar-refractivity contribution >= 4 is 10.9 Å². The lowest BCUT2D eigenvalue weighted by atomic mass is 10.2. The molecule has 0 atom stereocenters. The van der Waals surface area contributed by atoms with Gasteiger partial charge in [0.05, 0.1) is 18.3 Å². The summed E-state index contributed by atoms with van der Waals surface area (Å²) < 4.78 is 1.82. The lowest BCUT2D eigenvalue weighted by Gasteiger charge is -2.15. The van der Waals surface area contributed by atoms with E-state index in [0.717, 1.165) is 35.5 Å². The smallest absolute Gasteiger partial charge is 0.143 e. The van der Waals surface area contributed by atoms with Gasteiger partial charge in [-0.1, -0.05) is 18.2 Å². The zero-order valence-electron chi connectivity index (χ0n) is 12.6. The molecule has 5 heteroatoms. The number of rotatable bonds is 4. The average Bonchev–Trinajstić information content (AvgIpc) is 2.84. The van der Waals surface area contributed by atoms with E-state index in [9.17, 15) is 0 Å². The molecular weight excluding hydrogens is 262 g/mol. The van der Waals surface area contributed by atoms with E-state index in [2.05, 4.69) is 33.1 Å². The molecule has 0 aliphatic heterocycles. The summed E-state index contributed by atoms with van der Waals surface area (Å²) in [6.45, 7) is 3.60. The van der Waals surface area contributed by atoms with Crippen LogP contribution in [0.1, 0.15) is 17.1 Å². The molecule has 2 aromatic heterocycles. The first-order valence-electron chi connectivity index (χ1n) is 7.00. The highest BCUT2D eigenvalue weighted by Gasteiger charge is 2.08. The molecule has 0 spiro atoms. The summed E-state index contributed by atoms with van der Waals surface area (Å²) in [6.07, 6.45) is 3.92. The van der Waals surface area contributed by atoms with E-state index in [1.807, 2.05) is 49.2 Å². The largest absolute Gasteiger partial charge is 0.295 e. The SMILES string of the molecule is Cc1nc(CN(C)Cc2cnn(C)c2)nc2ccccc12. The zero-order valence-corrected chi connectivity index (χ0v) is 12.6. The first kappa shape index (κ1) is 13.7. The lowest BCUT2D eigenvalue weighted by molar-refractivity contribution is 0.310. The first-order chi connectivity index (χ1) is 10.1. The molecule has 0 saturated carbocycles. The van der Waals surface area contributed by atoms with Gasteiger partial charge in [0.1, 0.15) is 5.82 Å². The molecule has 108 valence electrons. The van der Waals surface area contributed by atoms with Crippen molar-refractivity contribution in [2.45, 2.75) is 20.0 Å². The van der Waals surface area contributed by atoms with E-state index >= 15 is 0 Å². The van der Waals surface area contributed by atoms with Crippen LogP contribution >= 0.6 is 0 Å². The third-order valence-corrected chi connectivity index (χ3v) is 3.46. The quantitative estimate of drug-likeness (QED) is 0.736. The molecule has 2 heterocycles. The number of aromatic nitrogens is 4. The molecule has 0 unspecified atom stereocenters. The number of hydrogen-bond donors (Lipinski definition) is 0. The lowest BCUT2D eigenvalue weighted by Crippen LogP contribution is -2.19. The maximum atomic E-state index is 4.65. The summed E-state index contributed by atoms with van der Waals surface area (Å²) in [4.78, 5) is 11.5. The predicted molar refractivity (Wildman–Crippen MR) is 82.7 cm³/mol. The Labute approximate surface area is 124 Å². The molecular formula is C16H19N5. The maximum absolute atomic E-state index is 4.65. The Bertz CT molecular complexity index is 762. The fraction of sp³-hybridized carbons (Fsp3) is 0.312. The predicted octanol–water partition coefficient (Wildman–Crippen LogP) is 2.30. The second-order valence-corrected chi connectivity index (χ2v) is 5.44. The van der Waals surface area contributed by atoms with Crippen LogP contribution in [0.4, 0.5) is 0 Å². The Kier molecular flexibility index (Phi) is 3.66. The molecule has 0 saturated heterocycles. The van der Waals surface area contributed by atoms with Crippen molar-refractivity contribution in [3.8, 4) is 0 Å². The molecule has 0 fully saturated rings. The number of para-hydroxylation sites is 1. The van der Waals surface area contributed by atoms with Crippen LogP contribution in [-0.4, -0.2) is 31.7 Å². The average molecular weight is 281 g/mol. The molecule has 0 N–H and O–H groups in total. The number of aryl methyl sites for hydroxylation is 2. The Hall–Kier alpha value is -2.27.